The molecule has 2 aromatic carbocycles. The molecule has 5 heteroatoms. The van der Waals surface area contributed by atoms with Crippen molar-refractivity contribution in [3.05, 3.63) is 70.9 Å². The lowest BCUT2D eigenvalue weighted by atomic mass is 9.74. The molecule has 1 saturated heterocycles. The van der Waals surface area contributed by atoms with Gasteiger partial charge >= 0.3 is 5.97 Å². The van der Waals surface area contributed by atoms with Crippen molar-refractivity contribution in [3.63, 3.8) is 0 Å². The van der Waals surface area contributed by atoms with Crippen LogP contribution in [0.2, 0.25) is 0 Å². The third-order valence-corrected chi connectivity index (χ3v) is 7.02. The van der Waals surface area contributed by atoms with E-state index in [1.165, 1.54) is 23.6 Å². The number of para-hydroxylation sites is 1. The van der Waals surface area contributed by atoms with Gasteiger partial charge in [0.25, 0.3) is 0 Å². The fraction of sp³-hybridized carbons (Fsp3) is 0.400. The Balaban J connectivity index is 1.69. The van der Waals surface area contributed by atoms with E-state index in [0.29, 0.717) is 12.5 Å². The van der Waals surface area contributed by atoms with Crippen LogP contribution in [-0.2, 0) is 20.9 Å². The zero-order chi connectivity index (χ0) is 21.2. The van der Waals surface area contributed by atoms with Gasteiger partial charge in [0.1, 0.15) is 11.5 Å². The van der Waals surface area contributed by atoms with E-state index in [4.69, 9.17) is 9.57 Å². The molecular formula is C25H28N2O3. The van der Waals surface area contributed by atoms with Crippen LogP contribution in [0.25, 0.3) is 10.9 Å². The Morgan fingerprint density at radius 2 is 1.87 bits per heavy atom. The number of methoxy groups -OCH3 is 1. The fourth-order valence-corrected chi connectivity index (χ4v) is 5.54. The monoisotopic (exact) mass is 404 g/mol. The molecule has 3 aromatic rings. The Labute approximate surface area is 177 Å². The molecule has 0 unspecified atom stereocenters. The largest absolute Gasteiger partial charge is 0.468 e. The van der Waals surface area contributed by atoms with Crippen LogP contribution in [0.3, 0.4) is 0 Å². The minimum absolute atomic E-state index is 0.202. The highest BCUT2D eigenvalue weighted by atomic mass is 16.7. The van der Waals surface area contributed by atoms with E-state index < -0.39 is 11.5 Å². The standard InChI is InChI=1S/C25H28N2O3/c1-15(2)17-10-12-18(13-11-17)23-25(24(28)29-5)14-27-20-9-7-6-8-19(20)16(3)21(27)22(25)26(4)30-23/h6-13,15,22-23H,14H2,1-5H3/t22-,23+,25-/m0/s1. The number of hydrogen-bond acceptors (Lipinski definition) is 4. The van der Waals surface area contributed by atoms with Gasteiger partial charge in [-0.1, -0.05) is 56.3 Å². The van der Waals surface area contributed by atoms with E-state index in [9.17, 15) is 4.79 Å². The Bertz CT molecular complexity index is 1130. The number of esters is 1. The van der Waals surface area contributed by atoms with Gasteiger partial charge < -0.3 is 9.30 Å². The molecule has 0 amide bonds. The molecule has 0 bridgehead atoms. The summed E-state index contributed by atoms with van der Waals surface area (Å²) < 4.78 is 7.69. The second-order valence-corrected chi connectivity index (χ2v) is 8.90. The number of nitrogens with zero attached hydrogens (tertiary/aromatic N) is 2. The summed E-state index contributed by atoms with van der Waals surface area (Å²) in [5.74, 6) is 0.233. The summed E-state index contributed by atoms with van der Waals surface area (Å²) in [5.41, 5.74) is 4.95. The molecule has 0 N–H and O–H groups in total. The molecule has 1 fully saturated rings. The number of carbonyl (C=O) groups excluding carboxylic acids is 1. The molecule has 1 aromatic heterocycles. The lowest BCUT2D eigenvalue weighted by Gasteiger charge is -2.30. The average Bonchev–Trinajstić information content (AvgIpc) is 3.35. The number of carbonyl (C=O) groups is 1. The molecule has 5 nitrogen and oxygen atoms in total. The first-order chi connectivity index (χ1) is 14.4. The summed E-state index contributed by atoms with van der Waals surface area (Å²) in [6.45, 7) is 7.03. The highest BCUT2D eigenvalue weighted by molar-refractivity contribution is 5.89. The summed E-state index contributed by atoms with van der Waals surface area (Å²) in [6, 6.07) is 16.7. The van der Waals surface area contributed by atoms with Crippen LogP contribution in [0.5, 0.6) is 0 Å². The normalized spacial score (nSPS) is 25.7. The molecule has 0 spiro atoms. The summed E-state index contributed by atoms with van der Waals surface area (Å²) in [4.78, 5) is 19.8. The van der Waals surface area contributed by atoms with E-state index in [0.717, 1.165) is 16.8 Å². The molecular weight excluding hydrogens is 376 g/mol. The number of hydrogen-bond donors (Lipinski definition) is 0. The topological polar surface area (TPSA) is 43.7 Å². The number of hydroxylamine groups is 2. The number of benzene rings is 2. The summed E-state index contributed by atoms with van der Waals surface area (Å²) in [7, 11) is 3.40. The highest BCUT2D eigenvalue weighted by Gasteiger charge is 2.66. The van der Waals surface area contributed by atoms with Gasteiger partial charge in [-0.15, -0.1) is 0 Å². The molecule has 2 aliphatic rings. The predicted molar refractivity (Wildman–Crippen MR) is 116 cm³/mol. The minimum Gasteiger partial charge on any atom is -0.468 e. The van der Waals surface area contributed by atoms with Crippen LogP contribution < -0.4 is 0 Å². The van der Waals surface area contributed by atoms with Gasteiger partial charge in [0.2, 0.25) is 0 Å². The maximum atomic E-state index is 13.4. The van der Waals surface area contributed by atoms with Crippen LogP contribution >= 0.6 is 0 Å². The number of fused-ring (bicyclic) bond motifs is 5. The second kappa shape index (κ2) is 6.69. The smallest absolute Gasteiger partial charge is 0.318 e. The molecule has 156 valence electrons. The van der Waals surface area contributed by atoms with Crippen molar-refractivity contribution in [1.82, 2.24) is 9.63 Å². The van der Waals surface area contributed by atoms with E-state index in [1.54, 1.807) is 0 Å². The quantitative estimate of drug-likeness (QED) is 0.582. The first-order valence-corrected chi connectivity index (χ1v) is 10.6. The zero-order valence-electron chi connectivity index (χ0n) is 18.2. The average molecular weight is 405 g/mol. The van der Waals surface area contributed by atoms with Crippen LogP contribution in [0, 0.1) is 12.3 Å². The number of rotatable bonds is 3. The van der Waals surface area contributed by atoms with Crippen molar-refractivity contribution in [2.24, 2.45) is 5.41 Å². The van der Waals surface area contributed by atoms with Gasteiger partial charge in [-0.2, -0.15) is 5.06 Å². The molecule has 30 heavy (non-hydrogen) atoms. The lowest BCUT2D eigenvalue weighted by Crippen LogP contribution is -2.40. The summed E-state index contributed by atoms with van der Waals surface area (Å²) in [5, 5.41) is 3.09. The SMILES string of the molecule is COC(=O)[C@@]12Cn3c(c(C)c4ccccc43)[C@@H]1N(C)O[C@@H]2c1ccc(C(C)C)cc1. The molecule has 3 atom stereocenters. The summed E-state index contributed by atoms with van der Waals surface area (Å²) >= 11 is 0. The molecule has 0 radical (unpaired) electrons. The Morgan fingerprint density at radius 1 is 1.17 bits per heavy atom. The van der Waals surface area contributed by atoms with E-state index in [1.807, 2.05) is 12.1 Å². The number of ether oxygens (including phenoxy) is 1. The Kier molecular flexibility index (Phi) is 4.31. The fourth-order valence-electron chi connectivity index (χ4n) is 5.54. The molecule has 0 saturated carbocycles. The maximum absolute atomic E-state index is 13.4. The van der Waals surface area contributed by atoms with Crippen molar-refractivity contribution >= 4 is 16.9 Å². The maximum Gasteiger partial charge on any atom is 0.318 e. The predicted octanol–water partition coefficient (Wildman–Crippen LogP) is 4.91. The summed E-state index contributed by atoms with van der Waals surface area (Å²) in [6.07, 6.45) is -0.403. The van der Waals surface area contributed by atoms with Gasteiger partial charge in [0, 0.05) is 30.2 Å². The molecule has 5 rings (SSSR count). The van der Waals surface area contributed by atoms with Gasteiger partial charge in [-0.25, -0.2) is 0 Å². The van der Waals surface area contributed by atoms with Gasteiger partial charge in [-0.3, -0.25) is 9.63 Å². The van der Waals surface area contributed by atoms with Crippen molar-refractivity contribution in [1.29, 1.82) is 0 Å². The Morgan fingerprint density at radius 3 is 2.53 bits per heavy atom. The van der Waals surface area contributed by atoms with Gasteiger partial charge in [0.15, 0.2) is 0 Å². The first-order valence-electron chi connectivity index (χ1n) is 10.6. The van der Waals surface area contributed by atoms with E-state index in [-0.39, 0.29) is 12.0 Å². The molecule has 3 heterocycles. The van der Waals surface area contributed by atoms with Crippen LogP contribution in [0.4, 0.5) is 0 Å². The lowest BCUT2D eigenvalue weighted by molar-refractivity contribution is -0.163. The number of aryl methyl sites for hydroxylation is 1. The van der Waals surface area contributed by atoms with Crippen LogP contribution in [0.15, 0.2) is 48.5 Å². The first kappa shape index (κ1) is 19.3. The Hall–Kier alpha value is -2.63. The molecule has 2 aliphatic heterocycles. The molecule has 0 aliphatic carbocycles. The van der Waals surface area contributed by atoms with Crippen molar-refractivity contribution in [3.8, 4) is 0 Å². The zero-order valence-corrected chi connectivity index (χ0v) is 18.2. The van der Waals surface area contributed by atoms with E-state index in [2.05, 4.69) is 73.9 Å². The van der Waals surface area contributed by atoms with Crippen LogP contribution in [-0.4, -0.2) is 29.8 Å². The van der Waals surface area contributed by atoms with Gasteiger partial charge in [-0.05, 0) is 35.6 Å². The second-order valence-electron chi connectivity index (χ2n) is 8.90. The van der Waals surface area contributed by atoms with Crippen molar-refractivity contribution in [2.75, 3.05) is 14.2 Å². The van der Waals surface area contributed by atoms with Gasteiger partial charge in [0.05, 0.1) is 13.2 Å². The highest BCUT2D eigenvalue weighted by Crippen LogP contribution is 2.62. The van der Waals surface area contributed by atoms with Crippen molar-refractivity contribution in [2.45, 2.75) is 45.4 Å². The number of aromatic nitrogens is 1. The third-order valence-electron chi connectivity index (χ3n) is 7.02. The van der Waals surface area contributed by atoms with Crippen LogP contribution in [0.1, 0.15) is 54.3 Å². The minimum atomic E-state index is -0.826. The van der Waals surface area contributed by atoms with E-state index >= 15 is 0 Å². The van der Waals surface area contributed by atoms with Crippen molar-refractivity contribution < 1.29 is 14.4 Å². The third kappa shape index (κ3) is 2.39.